The molecule has 6 heteroatoms. The number of Topliss-reactive ketones (excluding diaryl/α,β-unsaturated/α-hetero) is 1. The van der Waals surface area contributed by atoms with Crippen LogP contribution in [0.3, 0.4) is 0 Å². The van der Waals surface area contributed by atoms with Gasteiger partial charge in [0.1, 0.15) is 5.82 Å². The van der Waals surface area contributed by atoms with E-state index in [0.29, 0.717) is 5.88 Å². The molecule has 0 aliphatic rings. The molecular weight excluding hydrogens is 277 g/mol. The van der Waals surface area contributed by atoms with Crippen molar-refractivity contribution in [2.24, 2.45) is 0 Å². The average molecular weight is 289 g/mol. The fourth-order valence-electron chi connectivity index (χ4n) is 1.56. The van der Waals surface area contributed by atoms with Gasteiger partial charge in [0, 0.05) is 17.8 Å². The van der Waals surface area contributed by atoms with E-state index in [9.17, 15) is 14.0 Å². The van der Waals surface area contributed by atoms with Crippen LogP contribution < -0.4 is 4.74 Å². The van der Waals surface area contributed by atoms with Crippen molar-refractivity contribution < 1.29 is 23.5 Å². The first-order valence-corrected chi connectivity index (χ1v) is 6.06. The molecule has 5 nitrogen and oxygen atoms in total. The summed E-state index contributed by atoms with van der Waals surface area (Å²) in [4.78, 5) is 27.3. The lowest BCUT2D eigenvalue weighted by Gasteiger charge is -2.05. The maximum Gasteiger partial charge on any atom is 0.340 e. The monoisotopic (exact) mass is 289 g/mol. The van der Waals surface area contributed by atoms with Gasteiger partial charge in [-0.05, 0) is 30.3 Å². The number of rotatable bonds is 5. The summed E-state index contributed by atoms with van der Waals surface area (Å²) in [6.45, 7) is -0.420. The van der Waals surface area contributed by atoms with Gasteiger partial charge in [0.05, 0.1) is 12.7 Å². The Labute approximate surface area is 120 Å². The summed E-state index contributed by atoms with van der Waals surface area (Å²) in [5, 5.41) is 0. The lowest BCUT2D eigenvalue weighted by atomic mass is 10.1. The summed E-state index contributed by atoms with van der Waals surface area (Å²) in [5.41, 5.74) is 0.486. The second kappa shape index (κ2) is 6.60. The van der Waals surface area contributed by atoms with Crippen molar-refractivity contribution in [3.63, 3.8) is 0 Å². The Balaban J connectivity index is 1.93. The normalized spacial score (nSPS) is 10.0. The lowest BCUT2D eigenvalue weighted by molar-refractivity contribution is 0.0474. The van der Waals surface area contributed by atoms with E-state index in [-0.39, 0.29) is 11.1 Å². The molecule has 2 aromatic rings. The van der Waals surface area contributed by atoms with Crippen molar-refractivity contribution in [1.82, 2.24) is 4.98 Å². The number of methoxy groups -OCH3 is 1. The van der Waals surface area contributed by atoms with Crippen LogP contribution in [0.4, 0.5) is 4.39 Å². The van der Waals surface area contributed by atoms with Crippen LogP contribution in [0.25, 0.3) is 0 Å². The van der Waals surface area contributed by atoms with Crippen LogP contribution in [-0.4, -0.2) is 30.5 Å². The molecule has 0 N–H and O–H groups in total. The van der Waals surface area contributed by atoms with Crippen LogP contribution in [-0.2, 0) is 4.74 Å². The number of ketones is 1. The average Bonchev–Trinajstić information content (AvgIpc) is 2.53. The number of nitrogens with zero attached hydrogens (tertiary/aromatic N) is 1. The van der Waals surface area contributed by atoms with E-state index in [4.69, 9.17) is 9.47 Å². The molecule has 0 unspecified atom stereocenters. The Bertz CT molecular complexity index is 638. The molecule has 1 aromatic carbocycles. The van der Waals surface area contributed by atoms with Gasteiger partial charge < -0.3 is 9.47 Å². The number of benzene rings is 1. The Morgan fingerprint density at radius 2 is 1.76 bits per heavy atom. The van der Waals surface area contributed by atoms with Crippen LogP contribution in [0.1, 0.15) is 20.7 Å². The molecule has 0 spiro atoms. The van der Waals surface area contributed by atoms with Gasteiger partial charge in [0.2, 0.25) is 5.88 Å². The summed E-state index contributed by atoms with van der Waals surface area (Å²) < 4.78 is 22.5. The zero-order valence-corrected chi connectivity index (χ0v) is 11.2. The SMILES string of the molecule is COc1ccc(C(=O)OCC(=O)c2ccc(F)cc2)cn1. The summed E-state index contributed by atoms with van der Waals surface area (Å²) in [6.07, 6.45) is 1.30. The zero-order chi connectivity index (χ0) is 15.2. The van der Waals surface area contributed by atoms with Gasteiger partial charge in [0.25, 0.3) is 0 Å². The molecule has 0 saturated heterocycles. The third-order valence-electron chi connectivity index (χ3n) is 2.68. The van der Waals surface area contributed by atoms with Crippen LogP contribution in [0.5, 0.6) is 5.88 Å². The molecule has 108 valence electrons. The summed E-state index contributed by atoms with van der Waals surface area (Å²) in [7, 11) is 1.46. The van der Waals surface area contributed by atoms with Crippen LogP contribution in [0.15, 0.2) is 42.6 Å². The molecule has 0 amide bonds. The van der Waals surface area contributed by atoms with E-state index >= 15 is 0 Å². The number of hydrogen-bond donors (Lipinski definition) is 0. The van der Waals surface area contributed by atoms with Crippen LogP contribution in [0.2, 0.25) is 0 Å². The summed E-state index contributed by atoms with van der Waals surface area (Å²) in [5.74, 6) is -1.15. The summed E-state index contributed by atoms with van der Waals surface area (Å²) in [6, 6.07) is 8.00. The van der Waals surface area contributed by atoms with Crippen molar-refractivity contribution in [1.29, 1.82) is 0 Å². The minimum atomic E-state index is -0.666. The highest BCUT2D eigenvalue weighted by Gasteiger charge is 2.12. The van der Waals surface area contributed by atoms with Gasteiger partial charge >= 0.3 is 5.97 Å². The number of esters is 1. The van der Waals surface area contributed by atoms with Gasteiger partial charge in [-0.2, -0.15) is 0 Å². The third kappa shape index (κ3) is 3.85. The van der Waals surface area contributed by atoms with Crippen molar-refractivity contribution in [2.75, 3.05) is 13.7 Å². The number of pyridine rings is 1. The van der Waals surface area contributed by atoms with Crippen LogP contribution in [0, 0.1) is 5.82 Å². The molecule has 0 fully saturated rings. The second-order valence-electron chi connectivity index (χ2n) is 4.10. The number of ether oxygens (including phenoxy) is 2. The highest BCUT2D eigenvalue weighted by atomic mass is 19.1. The molecule has 0 radical (unpaired) electrons. The van der Waals surface area contributed by atoms with E-state index in [1.807, 2.05) is 0 Å². The van der Waals surface area contributed by atoms with E-state index in [2.05, 4.69) is 4.98 Å². The van der Waals surface area contributed by atoms with Crippen molar-refractivity contribution >= 4 is 11.8 Å². The Kier molecular flexibility index (Phi) is 4.61. The highest BCUT2D eigenvalue weighted by Crippen LogP contribution is 2.09. The molecule has 21 heavy (non-hydrogen) atoms. The fraction of sp³-hybridized carbons (Fsp3) is 0.133. The smallest absolute Gasteiger partial charge is 0.340 e. The standard InChI is InChI=1S/C15H12FNO4/c1-20-14-7-4-11(8-17-14)15(19)21-9-13(18)10-2-5-12(16)6-3-10/h2-8H,9H2,1H3. The molecule has 0 saturated carbocycles. The maximum atomic E-state index is 12.7. The Morgan fingerprint density at radius 1 is 1.10 bits per heavy atom. The zero-order valence-electron chi connectivity index (χ0n) is 11.2. The van der Waals surface area contributed by atoms with E-state index < -0.39 is 24.2 Å². The fourth-order valence-corrected chi connectivity index (χ4v) is 1.56. The predicted molar refractivity (Wildman–Crippen MR) is 71.8 cm³/mol. The molecule has 0 aliphatic heterocycles. The van der Waals surface area contributed by atoms with Crippen molar-refractivity contribution in [2.45, 2.75) is 0 Å². The minimum Gasteiger partial charge on any atom is -0.481 e. The largest absolute Gasteiger partial charge is 0.481 e. The first kappa shape index (κ1) is 14.6. The van der Waals surface area contributed by atoms with Crippen molar-refractivity contribution in [3.05, 3.63) is 59.5 Å². The molecule has 1 heterocycles. The van der Waals surface area contributed by atoms with E-state index in [1.54, 1.807) is 0 Å². The molecule has 0 atom stereocenters. The number of aromatic nitrogens is 1. The number of hydrogen-bond acceptors (Lipinski definition) is 5. The van der Waals surface area contributed by atoms with Gasteiger partial charge in [-0.25, -0.2) is 14.2 Å². The first-order valence-electron chi connectivity index (χ1n) is 6.06. The molecule has 2 rings (SSSR count). The quantitative estimate of drug-likeness (QED) is 0.624. The van der Waals surface area contributed by atoms with E-state index in [0.717, 1.165) is 0 Å². The number of carbonyl (C=O) groups excluding carboxylic acids is 2. The van der Waals surface area contributed by atoms with Crippen LogP contribution >= 0.6 is 0 Å². The van der Waals surface area contributed by atoms with Gasteiger partial charge in [-0.15, -0.1) is 0 Å². The first-order chi connectivity index (χ1) is 10.1. The van der Waals surface area contributed by atoms with E-state index in [1.165, 1.54) is 49.7 Å². The Hall–Kier alpha value is -2.76. The van der Waals surface area contributed by atoms with Crippen molar-refractivity contribution in [3.8, 4) is 5.88 Å². The number of carbonyl (C=O) groups is 2. The predicted octanol–water partition coefficient (Wildman–Crippen LogP) is 2.27. The molecular formula is C15H12FNO4. The van der Waals surface area contributed by atoms with Gasteiger partial charge in [0.15, 0.2) is 12.4 Å². The molecule has 0 bridgehead atoms. The van der Waals surface area contributed by atoms with Gasteiger partial charge in [-0.3, -0.25) is 4.79 Å². The highest BCUT2D eigenvalue weighted by molar-refractivity contribution is 5.99. The number of halogens is 1. The van der Waals surface area contributed by atoms with Gasteiger partial charge in [-0.1, -0.05) is 0 Å². The summed E-state index contributed by atoms with van der Waals surface area (Å²) >= 11 is 0. The lowest BCUT2D eigenvalue weighted by Crippen LogP contribution is -2.14. The minimum absolute atomic E-state index is 0.211. The topological polar surface area (TPSA) is 65.5 Å². The molecule has 1 aromatic heterocycles. The Morgan fingerprint density at radius 3 is 2.33 bits per heavy atom. The second-order valence-corrected chi connectivity index (χ2v) is 4.10. The molecule has 0 aliphatic carbocycles. The maximum absolute atomic E-state index is 12.7. The third-order valence-corrected chi connectivity index (χ3v) is 2.68.